The minimum atomic E-state index is -0.896. The van der Waals surface area contributed by atoms with Crippen LogP contribution >= 0.6 is 11.6 Å². The van der Waals surface area contributed by atoms with Gasteiger partial charge < -0.3 is 24.8 Å². The molecule has 0 saturated carbocycles. The van der Waals surface area contributed by atoms with Crippen LogP contribution in [0.4, 0.5) is 0 Å². The smallest absolute Gasteiger partial charge is 0.273 e. The monoisotopic (exact) mass is 428 g/mol. The number of nitrogens with zero attached hydrogens (tertiary/aromatic N) is 3. The van der Waals surface area contributed by atoms with Crippen LogP contribution in [-0.2, 0) is 21.3 Å². The lowest BCUT2D eigenvalue weighted by Crippen LogP contribution is -2.69. The van der Waals surface area contributed by atoms with E-state index in [4.69, 9.17) is 21.1 Å². The van der Waals surface area contributed by atoms with E-state index in [9.17, 15) is 14.7 Å². The maximum atomic E-state index is 12.8. The van der Waals surface area contributed by atoms with Gasteiger partial charge in [0.1, 0.15) is 18.4 Å². The van der Waals surface area contributed by atoms with E-state index in [0.29, 0.717) is 56.3 Å². The second-order valence-electron chi connectivity index (χ2n) is 7.93. The zero-order valence-electron chi connectivity index (χ0n) is 17.1. The van der Waals surface area contributed by atoms with Gasteiger partial charge in [-0.05, 0) is 33.1 Å². The standard InChI is InChI=1S/C19H29ClN4O5/c1-4-28-12-14(25)22-18(2)7-10-29-19(17(18)27)5-8-24(9-6-19)16(26)15-13(20)11-21-23(15)3/h11,17,27H,4-10,12H2,1-3H3,(H,22,25)/t17-,18+/m0/s1. The minimum Gasteiger partial charge on any atom is -0.388 e. The first-order chi connectivity index (χ1) is 13.7. The van der Waals surface area contributed by atoms with E-state index >= 15 is 0 Å². The number of ether oxygens (including phenoxy) is 2. The Labute approximate surface area is 175 Å². The number of aromatic nitrogens is 2. The Balaban J connectivity index is 1.67. The molecule has 1 aromatic heterocycles. The predicted octanol–water partition coefficient (Wildman–Crippen LogP) is 0.741. The fourth-order valence-corrected chi connectivity index (χ4v) is 4.50. The van der Waals surface area contributed by atoms with Gasteiger partial charge in [0, 0.05) is 33.4 Å². The Morgan fingerprint density at radius 1 is 1.41 bits per heavy atom. The van der Waals surface area contributed by atoms with Crippen LogP contribution < -0.4 is 5.32 Å². The summed E-state index contributed by atoms with van der Waals surface area (Å²) in [4.78, 5) is 26.7. The second kappa shape index (κ2) is 8.59. The van der Waals surface area contributed by atoms with Crippen LogP contribution in [0, 0.1) is 0 Å². The predicted molar refractivity (Wildman–Crippen MR) is 106 cm³/mol. The number of nitrogens with one attached hydrogen (secondary N) is 1. The molecule has 3 rings (SSSR count). The lowest BCUT2D eigenvalue weighted by atomic mass is 9.73. The highest BCUT2D eigenvalue weighted by Gasteiger charge is 2.54. The van der Waals surface area contributed by atoms with E-state index in [1.54, 1.807) is 11.9 Å². The summed E-state index contributed by atoms with van der Waals surface area (Å²) in [6, 6.07) is 0. The molecule has 29 heavy (non-hydrogen) atoms. The molecule has 1 spiro atoms. The summed E-state index contributed by atoms with van der Waals surface area (Å²) >= 11 is 6.10. The van der Waals surface area contributed by atoms with Gasteiger partial charge >= 0.3 is 0 Å². The molecule has 3 heterocycles. The molecule has 0 aliphatic carbocycles. The molecule has 9 nitrogen and oxygen atoms in total. The number of aliphatic hydroxyl groups excluding tert-OH is 1. The average Bonchev–Trinajstić information content (AvgIpc) is 3.03. The third-order valence-corrected chi connectivity index (χ3v) is 6.25. The summed E-state index contributed by atoms with van der Waals surface area (Å²) in [5.41, 5.74) is -1.27. The lowest BCUT2D eigenvalue weighted by molar-refractivity contribution is -0.206. The van der Waals surface area contributed by atoms with Crippen molar-refractivity contribution >= 4 is 23.4 Å². The average molecular weight is 429 g/mol. The normalized spacial score (nSPS) is 26.5. The SMILES string of the molecule is CCOCC(=O)N[C@]1(C)CCOC2(CCN(C(=O)c3c(Cl)cnn3C)CC2)[C@H]1O. The molecule has 0 radical (unpaired) electrons. The molecular formula is C19H29ClN4O5. The number of hydrogen-bond donors (Lipinski definition) is 2. The zero-order valence-corrected chi connectivity index (χ0v) is 17.9. The van der Waals surface area contributed by atoms with Crippen LogP contribution in [0.1, 0.15) is 43.6 Å². The van der Waals surface area contributed by atoms with E-state index in [-0.39, 0.29) is 18.4 Å². The maximum Gasteiger partial charge on any atom is 0.273 e. The van der Waals surface area contributed by atoms with E-state index in [2.05, 4.69) is 10.4 Å². The highest BCUT2D eigenvalue weighted by molar-refractivity contribution is 6.33. The molecule has 2 aliphatic rings. The molecular weight excluding hydrogens is 400 g/mol. The Bertz CT molecular complexity index is 742. The summed E-state index contributed by atoms with van der Waals surface area (Å²) in [7, 11) is 1.68. The van der Waals surface area contributed by atoms with Crippen molar-refractivity contribution in [1.82, 2.24) is 20.0 Å². The molecule has 2 fully saturated rings. The highest BCUT2D eigenvalue weighted by Crippen LogP contribution is 2.40. The molecule has 2 saturated heterocycles. The molecule has 0 unspecified atom stereocenters. The van der Waals surface area contributed by atoms with Crippen molar-refractivity contribution < 1.29 is 24.2 Å². The number of amides is 2. The summed E-state index contributed by atoms with van der Waals surface area (Å²) in [5, 5.41) is 18.4. The van der Waals surface area contributed by atoms with Crippen LogP contribution in [0.5, 0.6) is 0 Å². The van der Waals surface area contributed by atoms with Gasteiger partial charge in [-0.3, -0.25) is 14.3 Å². The van der Waals surface area contributed by atoms with Crippen molar-refractivity contribution in [2.75, 3.05) is 32.9 Å². The summed E-state index contributed by atoms with van der Waals surface area (Å²) in [6.45, 7) is 5.31. The number of carbonyl (C=O) groups excluding carboxylic acids is 2. The van der Waals surface area contributed by atoms with Crippen molar-refractivity contribution in [3.63, 3.8) is 0 Å². The number of halogens is 1. The van der Waals surface area contributed by atoms with Gasteiger partial charge in [0.15, 0.2) is 0 Å². The van der Waals surface area contributed by atoms with Gasteiger partial charge in [0.25, 0.3) is 5.91 Å². The Morgan fingerprint density at radius 2 is 2.10 bits per heavy atom. The molecule has 10 heteroatoms. The highest BCUT2D eigenvalue weighted by atomic mass is 35.5. The Morgan fingerprint density at radius 3 is 2.69 bits per heavy atom. The van der Waals surface area contributed by atoms with Crippen molar-refractivity contribution in [3.05, 3.63) is 16.9 Å². The fourth-order valence-electron chi connectivity index (χ4n) is 4.25. The lowest BCUT2D eigenvalue weighted by Gasteiger charge is -2.53. The summed E-state index contributed by atoms with van der Waals surface area (Å²) < 4.78 is 12.7. The van der Waals surface area contributed by atoms with Crippen LogP contribution in [0.25, 0.3) is 0 Å². The van der Waals surface area contributed by atoms with E-state index in [1.807, 2.05) is 13.8 Å². The molecule has 2 atom stereocenters. The van der Waals surface area contributed by atoms with Crippen LogP contribution in [-0.4, -0.2) is 81.8 Å². The third kappa shape index (κ3) is 4.28. The van der Waals surface area contributed by atoms with Gasteiger partial charge in [0.05, 0.1) is 22.4 Å². The minimum absolute atomic E-state index is 0.0413. The number of rotatable bonds is 5. The number of hydrogen-bond acceptors (Lipinski definition) is 6. The van der Waals surface area contributed by atoms with E-state index in [0.717, 1.165) is 0 Å². The first kappa shape index (κ1) is 22.0. The van der Waals surface area contributed by atoms with E-state index in [1.165, 1.54) is 10.9 Å². The number of carbonyl (C=O) groups is 2. The van der Waals surface area contributed by atoms with Crippen molar-refractivity contribution in [1.29, 1.82) is 0 Å². The number of aryl methyl sites for hydroxylation is 1. The zero-order chi connectivity index (χ0) is 21.2. The van der Waals surface area contributed by atoms with Gasteiger partial charge in [0.2, 0.25) is 5.91 Å². The number of likely N-dealkylation sites (tertiary alicyclic amines) is 1. The molecule has 0 bridgehead atoms. The second-order valence-corrected chi connectivity index (χ2v) is 8.33. The van der Waals surface area contributed by atoms with Crippen LogP contribution in [0.3, 0.4) is 0 Å². The number of aliphatic hydroxyl groups is 1. The maximum absolute atomic E-state index is 12.8. The van der Waals surface area contributed by atoms with Gasteiger partial charge in [-0.1, -0.05) is 11.6 Å². The fraction of sp³-hybridized carbons (Fsp3) is 0.737. The summed E-state index contributed by atoms with van der Waals surface area (Å²) in [5.74, 6) is -0.452. The van der Waals surface area contributed by atoms with Crippen LogP contribution in [0.2, 0.25) is 5.02 Å². The van der Waals surface area contributed by atoms with Crippen molar-refractivity contribution in [2.24, 2.45) is 7.05 Å². The first-order valence-corrected chi connectivity index (χ1v) is 10.3. The van der Waals surface area contributed by atoms with Crippen molar-refractivity contribution in [2.45, 2.75) is 50.4 Å². The van der Waals surface area contributed by atoms with Gasteiger partial charge in [-0.15, -0.1) is 0 Å². The third-order valence-electron chi connectivity index (χ3n) is 5.97. The molecule has 162 valence electrons. The molecule has 2 N–H and O–H groups in total. The number of piperidine rings is 1. The Hall–Kier alpha value is -1.68. The van der Waals surface area contributed by atoms with E-state index < -0.39 is 17.2 Å². The Kier molecular flexibility index (Phi) is 6.52. The topological polar surface area (TPSA) is 106 Å². The van der Waals surface area contributed by atoms with Crippen molar-refractivity contribution in [3.8, 4) is 0 Å². The quantitative estimate of drug-likeness (QED) is 0.716. The van der Waals surface area contributed by atoms with Gasteiger partial charge in [-0.25, -0.2) is 0 Å². The first-order valence-electron chi connectivity index (χ1n) is 9.90. The molecule has 2 aliphatic heterocycles. The van der Waals surface area contributed by atoms with Gasteiger partial charge in [-0.2, -0.15) is 5.10 Å². The molecule has 1 aromatic rings. The molecule has 0 aromatic carbocycles. The summed E-state index contributed by atoms with van der Waals surface area (Å²) in [6.07, 6.45) is 1.98. The largest absolute Gasteiger partial charge is 0.388 e. The van der Waals surface area contributed by atoms with Crippen LogP contribution in [0.15, 0.2) is 6.20 Å². The molecule has 2 amide bonds.